The van der Waals surface area contributed by atoms with E-state index >= 15 is 0 Å². The minimum Gasteiger partial charge on any atom is -0.756 e. The van der Waals surface area contributed by atoms with Gasteiger partial charge in [0.25, 0.3) is 7.82 Å². The maximum Gasteiger partial charge on any atom is 0.268 e. The fourth-order valence-corrected chi connectivity index (χ4v) is 11.5. The molecule has 0 spiro atoms. The first-order valence-electron chi connectivity index (χ1n) is 35.7. The summed E-state index contributed by atoms with van der Waals surface area (Å²) < 4.78 is 23.5. The van der Waals surface area contributed by atoms with Crippen molar-refractivity contribution < 1.29 is 32.9 Å². The molecule has 0 aliphatic heterocycles. The van der Waals surface area contributed by atoms with Crippen LogP contribution in [0.1, 0.15) is 348 Å². The Hall–Kier alpha value is -1.80. The highest BCUT2D eigenvalue weighted by Gasteiger charge is 2.23. The lowest BCUT2D eigenvalue weighted by Crippen LogP contribution is -2.45. The Balaban J connectivity index is 3.94. The predicted molar refractivity (Wildman–Crippen MR) is 357 cm³/mol. The Kier molecular flexibility index (Phi) is 62.3. The highest BCUT2D eigenvalue weighted by Crippen LogP contribution is 2.38. The van der Waals surface area contributed by atoms with Gasteiger partial charge in [0.2, 0.25) is 5.91 Å². The molecule has 9 heteroatoms. The largest absolute Gasteiger partial charge is 0.756 e. The quantitative estimate of drug-likeness (QED) is 0.0272. The van der Waals surface area contributed by atoms with E-state index in [9.17, 15) is 19.4 Å². The summed E-state index contributed by atoms with van der Waals surface area (Å²) in [6, 6.07) is -0.887. The van der Waals surface area contributed by atoms with E-state index in [4.69, 9.17) is 9.05 Å². The highest BCUT2D eigenvalue weighted by atomic mass is 31.2. The van der Waals surface area contributed by atoms with E-state index in [1.807, 2.05) is 27.2 Å². The van der Waals surface area contributed by atoms with Crippen LogP contribution in [0.25, 0.3) is 0 Å². The molecule has 0 saturated heterocycles. The zero-order chi connectivity index (χ0) is 59.8. The number of amides is 1. The summed E-state index contributed by atoms with van der Waals surface area (Å²) in [6.45, 7) is 4.59. The molecular formula is C73H139N2O6P. The average molecular weight is 1170 g/mol. The van der Waals surface area contributed by atoms with Gasteiger partial charge in [-0.2, -0.15) is 0 Å². The van der Waals surface area contributed by atoms with Gasteiger partial charge in [0.15, 0.2) is 0 Å². The van der Waals surface area contributed by atoms with Crippen molar-refractivity contribution in [2.24, 2.45) is 0 Å². The maximum absolute atomic E-state index is 13.0. The zero-order valence-corrected chi connectivity index (χ0v) is 56.1. The first-order chi connectivity index (χ1) is 40.0. The van der Waals surface area contributed by atoms with Gasteiger partial charge in [0.05, 0.1) is 39.9 Å². The van der Waals surface area contributed by atoms with Crippen LogP contribution in [0.2, 0.25) is 0 Å². The molecule has 82 heavy (non-hydrogen) atoms. The third kappa shape index (κ3) is 65.7. The summed E-state index contributed by atoms with van der Waals surface area (Å²) in [6.07, 6.45) is 87.8. The standard InChI is InChI=1S/C73H139N2O6P/c1-6-8-10-12-14-16-18-20-22-24-26-28-29-30-31-32-33-34-35-36-37-38-39-40-41-42-43-44-45-47-49-51-53-55-57-59-61-63-65-67-73(77)74-71(70-81-82(78,79)80-69-68-75(3,4)5)72(76)66-64-62-60-58-56-54-52-50-48-46-27-25-23-21-19-17-15-13-11-9-7-2/h8,10,14,16,20,22,26,28,64,66,71-72,76H,6-7,9,11-13,15,17-19,21,23-25,27,29-63,65,67-70H2,1-5H3,(H-,74,77,78,79)/b10-8-,16-14-,22-20-,28-26-,66-64+. The fraction of sp³-hybridized carbons (Fsp3) is 0.849. The summed E-state index contributed by atoms with van der Waals surface area (Å²) in [7, 11) is 1.28. The van der Waals surface area contributed by atoms with Crippen molar-refractivity contribution in [1.29, 1.82) is 0 Å². The van der Waals surface area contributed by atoms with Crippen LogP contribution in [0.4, 0.5) is 0 Å². The van der Waals surface area contributed by atoms with Gasteiger partial charge in [-0.3, -0.25) is 9.36 Å². The van der Waals surface area contributed by atoms with Crippen LogP contribution in [0.3, 0.4) is 0 Å². The lowest BCUT2D eigenvalue weighted by molar-refractivity contribution is -0.870. The number of carbonyl (C=O) groups is 1. The molecule has 482 valence electrons. The Labute approximate surface area is 511 Å². The van der Waals surface area contributed by atoms with E-state index in [1.54, 1.807) is 6.08 Å². The molecule has 0 bridgehead atoms. The van der Waals surface area contributed by atoms with Crippen molar-refractivity contribution >= 4 is 13.7 Å². The number of nitrogens with one attached hydrogen (secondary N) is 1. The zero-order valence-electron chi connectivity index (χ0n) is 55.2. The van der Waals surface area contributed by atoms with Gasteiger partial charge in [0.1, 0.15) is 13.2 Å². The van der Waals surface area contributed by atoms with E-state index in [1.165, 1.54) is 263 Å². The van der Waals surface area contributed by atoms with Crippen LogP contribution in [0, 0.1) is 0 Å². The number of hydrogen-bond donors (Lipinski definition) is 2. The topological polar surface area (TPSA) is 108 Å². The molecule has 0 aromatic rings. The molecule has 0 aromatic heterocycles. The average Bonchev–Trinajstić information content (AvgIpc) is 3.46. The summed E-state index contributed by atoms with van der Waals surface area (Å²) in [5.74, 6) is -0.190. The Morgan fingerprint density at radius 1 is 0.439 bits per heavy atom. The van der Waals surface area contributed by atoms with Gasteiger partial charge < -0.3 is 28.8 Å². The van der Waals surface area contributed by atoms with Gasteiger partial charge in [-0.05, 0) is 57.8 Å². The second kappa shape index (κ2) is 63.7. The molecule has 0 aliphatic carbocycles. The van der Waals surface area contributed by atoms with Gasteiger partial charge in [-0.25, -0.2) is 0 Å². The minimum atomic E-state index is -4.60. The number of allylic oxidation sites excluding steroid dienone is 9. The number of nitrogens with zero attached hydrogens (tertiary/aromatic N) is 1. The summed E-state index contributed by atoms with van der Waals surface area (Å²) in [5.41, 5.74) is 0. The number of carbonyl (C=O) groups excluding carboxylic acids is 1. The third-order valence-corrected chi connectivity index (χ3v) is 17.2. The van der Waals surface area contributed by atoms with Crippen molar-refractivity contribution in [3.05, 3.63) is 60.8 Å². The van der Waals surface area contributed by atoms with Gasteiger partial charge >= 0.3 is 0 Å². The molecule has 8 nitrogen and oxygen atoms in total. The number of rotatable bonds is 66. The Bertz CT molecular complexity index is 1520. The number of aliphatic hydroxyl groups is 1. The fourth-order valence-electron chi connectivity index (χ4n) is 10.7. The molecule has 1 amide bonds. The SMILES string of the molecule is CC/C=C\C/C=C\C/C=C\C/C=C\CCCCCCCCCCCCCCCCCCCCCCCCCCCCC(=O)NC(COP(=O)([O-])OCC[N+](C)(C)C)C(O)/C=C/CCCCCCCCCCCCCCCCCCCCC. The van der Waals surface area contributed by atoms with Crippen LogP contribution >= 0.6 is 7.82 Å². The highest BCUT2D eigenvalue weighted by molar-refractivity contribution is 7.45. The minimum absolute atomic E-state index is 0.000654. The van der Waals surface area contributed by atoms with Crippen molar-refractivity contribution in [3.63, 3.8) is 0 Å². The molecular weight excluding hydrogens is 1030 g/mol. The van der Waals surface area contributed by atoms with E-state index in [0.717, 1.165) is 64.2 Å². The third-order valence-electron chi connectivity index (χ3n) is 16.2. The Morgan fingerprint density at radius 2 is 0.744 bits per heavy atom. The van der Waals surface area contributed by atoms with Crippen LogP contribution in [0.5, 0.6) is 0 Å². The molecule has 0 rings (SSSR count). The number of phosphoric ester groups is 1. The number of unbranched alkanes of at least 4 members (excludes halogenated alkanes) is 45. The number of phosphoric acid groups is 1. The first kappa shape index (κ1) is 80.2. The van der Waals surface area contributed by atoms with E-state index in [0.29, 0.717) is 17.4 Å². The molecule has 3 atom stereocenters. The normalized spacial score (nSPS) is 14.0. The van der Waals surface area contributed by atoms with Gasteiger partial charge in [0, 0.05) is 6.42 Å². The lowest BCUT2D eigenvalue weighted by atomic mass is 10.0. The smallest absolute Gasteiger partial charge is 0.268 e. The van der Waals surface area contributed by atoms with Crippen LogP contribution in [-0.4, -0.2) is 68.5 Å². The number of aliphatic hydroxyl groups excluding tert-OH is 1. The van der Waals surface area contributed by atoms with Crippen molar-refractivity contribution in [3.8, 4) is 0 Å². The number of likely N-dealkylation sites (N-methyl/N-ethyl adjacent to an activating group) is 1. The molecule has 0 saturated carbocycles. The van der Waals surface area contributed by atoms with Crippen LogP contribution in [0.15, 0.2) is 60.8 Å². The molecule has 0 heterocycles. The lowest BCUT2D eigenvalue weighted by Gasteiger charge is -2.29. The second-order valence-corrected chi connectivity index (χ2v) is 27.0. The maximum atomic E-state index is 13.0. The Morgan fingerprint density at radius 3 is 1.09 bits per heavy atom. The molecule has 0 fully saturated rings. The monoisotopic (exact) mass is 1170 g/mol. The van der Waals surface area contributed by atoms with Crippen molar-refractivity contribution in [2.45, 2.75) is 360 Å². The summed E-state index contributed by atoms with van der Waals surface area (Å²) >= 11 is 0. The van der Waals surface area contributed by atoms with Crippen LogP contribution in [-0.2, 0) is 18.4 Å². The number of quaternary nitrogens is 1. The van der Waals surface area contributed by atoms with Gasteiger partial charge in [-0.15, -0.1) is 0 Å². The second-order valence-electron chi connectivity index (χ2n) is 25.6. The predicted octanol–water partition coefficient (Wildman–Crippen LogP) is 22.1. The first-order valence-corrected chi connectivity index (χ1v) is 37.1. The molecule has 2 N–H and O–H groups in total. The van der Waals surface area contributed by atoms with Crippen molar-refractivity contribution in [1.82, 2.24) is 5.32 Å². The molecule has 3 unspecified atom stereocenters. The van der Waals surface area contributed by atoms with E-state index < -0.39 is 20.0 Å². The van der Waals surface area contributed by atoms with E-state index in [-0.39, 0.29) is 19.1 Å². The van der Waals surface area contributed by atoms with Crippen LogP contribution < -0.4 is 10.2 Å². The van der Waals surface area contributed by atoms with Crippen molar-refractivity contribution in [2.75, 3.05) is 40.9 Å². The summed E-state index contributed by atoms with van der Waals surface area (Å²) in [5, 5.41) is 14.0. The number of hydrogen-bond acceptors (Lipinski definition) is 6. The summed E-state index contributed by atoms with van der Waals surface area (Å²) in [4.78, 5) is 25.6. The van der Waals surface area contributed by atoms with Gasteiger partial charge in [-0.1, -0.05) is 344 Å². The molecule has 0 aliphatic rings. The molecule has 0 aromatic carbocycles. The molecule has 0 radical (unpaired) electrons. The van der Waals surface area contributed by atoms with E-state index in [2.05, 4.69) is 67.8 Å².